The van der Waals surface area contributed by atoms with E-state index in [2.05, 4.69) is 31.2 Å². The van der Waals surface area contributed by atoms with Gasteiger partial charge in [-0.3, -0.25) is 0 Å². The topological polar surface area (TPSA) is 37.0 Å². The largest absolute Gasteiger partial charge is 0.355 e. The third kappa shape index (κ3) is 20.9. The molecular formula is C22H39O2. The molecule has 0 saturated carbocycles. The van der Waals surface area contributed by atoms with Crippen molar-refractivity contribution in [1.29, 1.82) is 0 Å². The zero-order valence-electron chi connectivity index (χ0n) is 15.9. The Morgan fingerprint density at radius 1 is 0.583 bits per heavy atom. The lowest BCUT2D eigenvalue weighted by Gasteiger charge is -1.98. The van der Waals surface area contributed by atoms with Gasteiger partial charge in [0.05, 0.1) is 6.42 Å². The molecule has 0 saturated heterocycles. The summed E-state index contributed by atoms with van der Waals surface area (Å²) in [6.45, 7) is 2.27. The highest BCUT2D eigenvalue weighted by atomic mass is 16.4. The van der Waals surface area contributed by atoms with Gasteiger partial charge in [0.15, 0.2) is 0 Å². The SMILES string of the molecule is CCCCCCCC/C=C/CCCCCC/C=C/CCCC([O])=O. The van der Waals surface area contributed by atoms with E-state index in [-0.39, 0.29) is 6.42 Å². The number of carbonyl (C=O) groups excluding carboxylic acids is 1. The van der Waals surface area contributed by atoms with Crippen LogP contribution in [0.25, 0.3) is 0 Å². The molecule has 0 aliphatic heterocycles. The van der Waals surface area contributed by atoms with E-state index in [9.17, 15) is 9.90 Å². The van der Waals surface area contributed by atoms with E-state index >= 15 is 0 Å². The standard InChI is InChI=1S/C22H39O2/c1-2-3-4-5-6-7-8-9-10-11-12-13-14-15-16-17-18-19-20-21-22(23)24/h9-10,17-18H,2-8,11-16,19-21H2,1H3/b10-9+,18-17+. The summed E-state index contributed by atoms with van der Waals surface area (Å²) in [4.78, 5) is 10.2. The summed E-state index contributed by atoms with van der Waals surface area (Å²) in [5.74, 6) is -0.940. The van der Waals surface area contributed by atoms with Gasteiger partial charge in [0.2, 0.25) is 0 Å². The first-order chi connectivity index (χ1) is 11.8. The van der Waals surface area contributed by atoms with E-state index in [4.69, 9.17) is 0 Å². The van der Waals surface area contributed by atoms with E-state index in [1.807, 2.05) is 0 Å². The maximum absolute atomic E-state index is 10.2. The number of allylic oxidation sites excluding steroid dienone is 4. The zero-order chi connectivity index (χ0) is 17.7. The van der Waals surface area contributed by atoms with Crippen LogP contribution in [0.3, 0.4) is 0 Å². The van der Waals surface area contributed by atoms with E-state index in [1.165, 1.54) is 77.0 Å². The smallest absolute Gasteiger partial charge is 0.247 e. The molecule has 0 spiro atoms. The van der Waals surface area contributed by atoms with Crippen LogP contribution in [0.5, 0.6) is 0 Å². The van der Waals surface area contributed by atoms with Crippen LogP contribution in [0.1, 0.15) is 110 Å². The molecule has 0 aromatic rings. The fourth-order valence-electron chi connectivity index (χ4n) is 2.76. The summed E-state index contributed by atoms with van der Waals surface area (Å²) < 4.78 is 0. The molecule has 0 bridgehead atoms. The van der Waals surface area contributed by atoms with Gasteiger partial charge in [-0.2, -0.15) is 0 Å². The third-order valence-corrected chi connectivity index (χ3v) is 4.30. The highest BCUT2D eigenvalue weighted by Crippen LogP contribution is 2.09. The predicted molar refractivity (Wildman–Crippen MR) is 104 cm³/mol. The van der Waals surface area contributed by atoms with Crippen molar-refractivity contribution in [3.63, 3.8) is 0 Å². The first-order valence-electron chi connectivity index (χ1n) is 10.3. The van der Waals surface area contributed by atoms with E-state index < -0.39 is 5.97 Å². The second kappa shape index (κ2) is 20.0. The van der Waals surface area contributed by atoms with Gasteiger partial charge in [-0.1, -0.05) is 76.2 Å². The first kappa shape index (κ1) is 22.9. The van der Waals surface area contributed by atoms with Gasteiger partial charge in [0, 0.05) is 0 Å². The van der Waals surface area contributed by atoms with Crippen molar-refractivity contribution in [3.05, 3.63) is 24.3 Å². The Balaban J connectivity index is 3.15. The Hall–Kier alpha value is -1.05. The van der Waals surface area contributed by atoms with Crippen LogP contribution in [-0.2, 0) is 9.90 Å². The lowest BCUT2D eigenvalue weighted by Crippen LogP contribution is -1.90. The van der Waals surface area contributed by atoms with Crippen molar-refractivity contribution in [2.75, 3.05) is 0 Å². The lowest BCUT2D eigenvalue weighted by molar-refractivity contribution is -0.143. The van der Waals surface area contributed by atoms with Crippen LogP contribution < -0.4 is 0 Å². The second-order valence-corrected chi connectivity index (χ2v) is 6.76. The maximum atomic E-state index is 10.2. The summed E-state index contributed by atoms with van der Waals surface area (Å²) in [5.41, 5.74) is 0. The van der Waals surface area contributed by atoms with Crippen molar-refractivity contribution in [2.45, 2.75) is 110 Å². The van der Waals surface area contributed by atoms with Crippen molar-refractivity contribution in [1.82, 2.24) is 0 Å². The van der Waals surface area contributed by atoms with Crippen molar-refractivity contribution < 1.29 is 9.90 Å². The minimum absolute atomic E-state index is 0.177. The summed E-state index contributed by atoms with van der Waals surface area (Å²) in [6, 6.07) is 0. The summed E-state index contributed by atoms with van der Waals surface area (Å²) in [6.07, 6.45) is 27.9. The van der Waals surface area contributed by atoms with Gasteiger partial charge in [0.25, 0.3) is 0 Å². The van der Waals surface area contributed by atoms with Crippen molar-refractivity contribution in [2.24, 2.45) is 0 Å². The fraction of sp³-hybridized carbons (Fsp3) is 0.773. The minimum Gasteiger partial charge on any atom is -0.247 e. The molecule has 1 radical (unpaired) electrons. The molecule has 0 aliphatic carbocycles. The van der Waals surface area contributed by atoms with E-state index in [0.717, 1.165) is 12.8 Å². The molecule has 0 fully saturated rings. The fourth-order valence-corrected chi connectivity index (χ4v) is 2.76. The Morgan fingerprint density at radius 2 is 0.958 bits per heavy atom. The number of unbranched alkanes of at least 4 members (excludes halogenated alkanes) is 12. The number of rotatable bonds is 18. The van der Waals surface area contributed by atoms with Crippen LogP contribution in [0.2, 0.25) is 0 Å². The number of hydrogen-bond acceptors (Lipinski definition) is 1. The van der Waals surface area contributed by atoms with E-state index in [0.29, 0.717) is 6.42 Å². The van der Waals surface area contributed by atoms with Crippen LogP contribution >= 0.6 is 0 Å². The van der Waals surface area contributed by atoms with Gasteiger partial charge in [-0.05, 0) is 51.4 Å². The zero-order valence-corrected chi connectivity index (χ0v) is 15.9. The molecule has 0 atom stereocenters. The molecule has 0 amide bonds. The van der Waals surface area contributed by atoms with Gasteiger partial charge in [-0.25, -0.2) is 9.90 Å². The maximum Gasteiger partial charge on any atom is 0.355 e. The normalized spacial score (nSPS) is 11.7. The predicted octanol–water partition coefficient (Wildman–Crippen LogP) is 7.32. The van der Waals surface area contributed by atoms with Crippen LogP contribution in [0, 0.1) is 0 Å². The Bertz CT molecular complexity index is 318. The van der Waals surface area contributed by atoms with E-state index in [1.54, 1.807) is 0 Å². The average molecular weight is 336 g/mol. The van der Waals surface area contributed by atoms with Gasteiger partial charge in [0.1, 0.15) is 0 Å². The second-order valence-electron chi connectivity index (χ2n) is 6.76. The molecule has 0 rings (SSSR count). The molecular weight excluding hydrogens is 296 g/mol. The average Bonchev–Trinajstić information content (AvgIpc) is 2.56. The molecule has 2 heteroatoms. The van der Waals surface area contributed by atoms with Gasteiger partial charge < -0.3 is 0 Å². The summed E-state index contributed by atoms with van der Waals surface area (Å²) in [5, 5.41) is 10.2. The van der Waals surface area contributed by atoms with Crippen LogP contribution in [0.4, 0.5) is 0 Å². The Labute approximate surface area is 150 Å². The lowest BCUT2D eigenvalue weighted by atomic mass is 10.1. The highest BCUT2D eigenvalue weighted by Gasteiger charge is 1.96. The van der Waals surface area contributed by atoms with Gasteiger partial charge >= 0.3 is 5.97 Å². The molecule has 0 unspecified atom stereocenters. The van der Waals surface area contributed by atoms with Gasteiger partial charge in [-0.15, -0.1) is 0 Å². The summed E-state index contributed by atoms with van der Waals surface area (Å²) in [7, 11) is 0. The Kier molecular flexibility index (Phi) is 19.1. The first-order valence-corrected chi connectivity index (χ1v) is 10.3. The minimum atomic E-state index is -0.940. The molecule has 139 valence electrons. The quantitative estimate of drug-likeness (QED) is 0.191. The summed E-state index contributed by atoms with van der Waals surface area (Å²) >= 11 is 0. The van der Waals surface area contributed by atoms with Crippen LogP contribution in [0.15, 0.2) is 24.3 Å². The molecule has 0 aliphatic rings. The third-order valence-electron chi connectivity index (χ3n) is 4.30. The highest BCUT2D eigenvalue weighted by molar-refractivity contribution is 5.66. The molecule has 0 aromatic heterocycles. The molecule has 0 N–H and O–H groups in total. The van der Waals surface area contributed by atoms with Crippen molar-refractivity contribution in [3.8, 4) is 0 Å². The Morgan fingerprint density at radius 3 is 1.38 bits per heavy atom. The molecule has 0 aromatic carbocycles. The number of hydrogen-bond donors (Lipinski definition) is 0. The van der Waals surface area contributed by atoms with Crippen LogP contribution in [-0.4, -0.2) is 5.97 Å². The molecule has 24 heavy (non-hydrogen) atoms. The molecule has 2 nitrogen and oxygen atoms in total. The number of carbonyl (C=O) groups is 1. The monoisotopic (exact) mass is 335 g/mol. The molecule has 0 heterocycles. The van der Waals surface area contributed by atoms with Crippen molar-refractivity contribution >= 4 is 5.97 Å².